The summed E-state index contributed by atoms with van der Waals surface area (Å²) < 4.78 is 5.59. The van der Waals surface area contributed by atoms with Gasteiger partial charge in [-0.2, -0.15) is 0 Å². The first-order valence-corrected chi connectivity index (χ1v) is 6.29. The van der Waals surface area contributed by atoms with Gasteiger partial charge < -0.3 is 9.84 Å². The van der Waals surface area contributed by atoms with Crippen LogP contribution in [0.1, 0.15) is 13.3 Å². The van der Waals surface area contributed by atoms with E-state index in [9.17, 15) is 9.90 Å². The molecule has 0 radical (unpaired) electrons. The van der Waals surface area contributed by atoms with Gasteiger partial charge in [-0.3, -0.25) is 4.48 Å². The molecule has 1 aromatic carbocycles. The molecular formula is C15H22NO3+. The first kappa shape index (κ1) is 15.2. The topological polar surface area (TPSA) is 46.5 Å². The number of aromatic hydroxyl groups is 1. The molecule has 0 amide bonds. The fourth-order valence-electron chi connectivity index (χ4n) is 1.84. The third-order valence-corrected chi connectivity index (χ3v) is 2.98. The predicted octanol–water partition coefficient (Wildman–Crippen LogP) is 2.47. The zero-order valence-corrected chi connectivity index (χ0v) is 11.8. The number of esters is 1. The number of ether oxygens (including phenoxy) is 1. The summed E-state index contributed by atoms with van der Waals surface area (Å²) in [6, 6.07) is 7.27. The van der Waals surface area contributed by atoms with E-state index in [1.54, 1.807) is 19.1 Å². The first-order valence-electron chi connectivity index (χ1n) is 6.29. The average molecular weight is 264 g/mol. The molecule has 0 spiro atoms. The maximum absolute atomic E-state index is 11.2. The maximum atomic E-state index is 11.2. The van der Waals surface area contributed by atoms with E-state index in [0.29, 0.717) is 16.7 Å². The van der Waals surface area contributed by atoms with E-state index in [1.807, 2.05) is 26.2 Å². The lowest BCUT2D eigenvalue weighted by molar-refractivity contribution is -0.139. The summed E-state index contributed by atoms with van der Waals surface area (Å²) in [6.45, 7) is 6.29. The largest absolute Gasteiger partial charge is 0.503 e. The molecule has 0 aliphatic rings. The van der Waals surface area contributed by atoms with Gasteiger partial charge in [0.1, 0.15) is 0 Å². The highest BCUT2D eigenvalue weighted by Crippen LogP contribution is 2.29. The van der Waals surface area contributed by atoms with Gasteiger partial charge in [-0.05, 0) is 13.0 Å². The van der Waals surface area contributed by atoms with Gasteiger partial charge in [-0.1, -0.05) is 18.7 Å². The highest BCUT2D eigenvalue weighted by Gasteiger charge is 2.22. The van der Waals surface area contributed by atoms with Crippen molar-refractivity contribution >= 4 is 11.7 Å². The highest BCUT2D eigenvalue weighted by atomic mass is 16.5. The van der Waals surface area contributed by atoms with E-state index in [1.165, 1.54) is 0 Å². The molecule has 0 heterocycles. The van der Waals surface area contributed by atoms with Gasteiger partial charge in [0.25, 0.3) is 0 Å². The average Bonchev–Trinajstić information content (AvgIpc) is 2.34. The minimum atomic E-state index is -0.354. The van der Waals surface area contributed by atoms with Crippen LogP contribution in [0.3, 0.4) is 0 Å². The molecule has 0 atom stereocenters. The summed E-state index contributed by atoms with van der Waals surface area (Å²) in [4.78, 5) is 11.2. The zero-order valence-electron chi connectivity index (χ0n) is 11.8. The van der Waals surface area contributed by atoms with Gasteiger partial charge >= 0.3 is 5.97 Å². The van der Waals surface area contributed by atoms with Crippen LogP contribution in [0.15, 0.2) is 36.4 Å². The van der Waals surface area contributed by atoms with Gasteiger partial charge in [0, 0.05) is 18.1 Å². The number of benzene rings is 1. The number of hydrogen-bond acceptors (Lipinski definition) is 3. The van der Waals surface area contributed by atoms with Crippen LogP contribution >= 0.6 is 0 Å². The molecule has 19 heavy (non-hydrogen) atoms. The lowest BCUT2D eigenvalue weighted by Gasteiger charge is -2.29. The van der Waals surface area contributed by atoms with E-state index in [2.05, 4.69) is 6.58 Å². The Labute approximate surface area is 114 Å². The molecule has 0 aliphatic heterocycles. The van der Waals surface area contributed by atoms with Crippen LogP contribution in [0.5, 0.6) is 5.75 Å². The quantitative estimate of drug-likeness (QED) is 0.371. The number of rotatable bonds is 6. The molecule has 1 N–H and O–H groups in total. The zero-order chi connectivity index (χ0) is 14.5. The van der Waals surface area contributed by atoms with Crippen molar-refractivity contribution in [2.45, 2.75) is 13.3 Å². The SMILES string of the molecule is C=C(C)C(=O)OCCC[N+](C)(C)c1ccccc1O. The van der Waals surface area contributed by atoms with Crippen molar-refractivity contribution in [2.75, 3.05) is 27.2 Å². The van der Waals surface area contributed by atoms with Gasteiger partial charge in [0.05, 0.1) is 27.2 Å². The highest BCUT2D eigenvalue weighted by molar-refractivity contribution is 5.86. The summed E-state index contributed by atoms with van der Waals surface area (Å²) in [7, 11) is 4.02. The lowest BCUT2D eigenvalue weighted by atomic mass is 10.2. The number of carbonyl (C=O) groups excluding carboxylic acids is 1. The van der Waals surface area contributed by atoms with Crippen molar-refractivity contribution in [3.63, 3.8) is 0 Å². The van der Waals surface area contributed by atoms with Crippen LogP contribution in [0.2, 0.25) is 0 Å². The van der Waals surface area contributed by atoms with Crippen LogP contribution in [-0.2, 0) is 9.53 Å². The van der Waals surface area contributed by atoms with Crippen LogP contribution in [0, 0.1) is 0 Å². The molecule has 0 unspecified atom stereocenters. The molecule has 0 bridgehead atoms. The summed E-state index contributed by atoms with van der Waals surface area (Å²) in [5, 5.41) is 9.85. The molecule has 0 saturated carbocycles. The van der Waals surface area contributed by atoms with E-state index in [0.717, 1.165) is 18.7 Å². The van der Waals surface area contributed by atoms with E-state index < -0.39 is 0 Å². The van der Waals surface area contributed by atoms with Gasteiger partial charge in [-0.25, -0.2) is 4.79 Å². The molecule has 0 aliphatic carbocycles. The number of carbonyl (C=O) groups is 1. The second-order valence-corrected chi connectivity index (χ2v) is 5.17. The number of nitrogens with zero attached hydrogens (tertiary/aromatic N) is 1. The Morgan fingerprint density at radius 1 is 1.37 bits per heavy atom. The summed E-state index contributed by atoms with van der Waals surface area (Å²) in [6.07, 6.45) is 0.723. The fourth-order valence-corrected chi connectivity index (χ4v) is 1.84. The number of phenols is 1. The van der Waals surface area contributed by atoms with Crippen molar-refractivity contribution in [3.05, 3.63) is 36.4 Å². The van der Waals surface area contributed by atoms with Gasteiger partial charge in [0.2, 0.25) is 0 Å². The maximum Gasteiger partial charge on any atom is 0.333 e. The first-order chi connectivity index (χ1) is 8.84. The van der Waals surface area contributed by atoms with Crippen LogP contribution in [-0.4, -0.2) is 38.3 Å². The van der Waals surface area contributed by atoms with E-state index in [-0.39, 0.29) is 11.7 Å². The Bertz CT molecular complexity index is 466. The molecule has 0 fully saturated rings. The third-order valence-electron chi connectivity index (χ3n) is 2.98. The molecule has 1 rings (SSSR count). The fraction of sp³-hybridized carbons (Fsp3) is 0.400. The molecule has 4 heteroatoms. The Balaban J connectivity index is 2.50. The summed E-state index contributed by atoms with van der Waals surface area (Å²) >= 11 is 0. The van der Waals surface area contributed by atoms with Crippen molar-refractivity contribution in [1.82, 2.24) is 4.48 Å². The predicted molar refractivity (Wildman–Crippen MR) is 77.0 cm³/mol. The molecule has 0 saturated heterocycles. The number of quaternary nitrogens is 1. The van der Waals surface area contributed by atoms with Crippen molar-refractivity contribution in [1.29, 1.82) is 0 Å². The van der Waals surface area contributed by atoms with Crippen molar-refractivity contribution in [3.8, 4) is 5.75 Å². The minimum absolute atomic E-state index is 0.284. The van der Waals surface area contributed by atoms with E-state index in [4.69, 9.17) is 4.74 Å². The Morgan fingerprint density at radius 2 is 2.00 bits per heavy atom. The number of phenolic OH excluding ortho intramolecular Hbond substituents is 1. The second-order valence-electron chi connectivity index (χ2n) is 5.17. The van der Waals surface area contributed by atoms with Crippen molar-refractivity contribution in [2.24, 2.45) is 0 Å². The summed E-state index contributed by atoms with van der Waals surface area (Å²) in [5.41, 5.74) is 1.27. The monoisotopic (exact) mass is 264 g/mol. The normalized spacial score (nSPS) is 11.1. The van der Waals surface area contributed by atoms with Crippen molar-refractivity contribution < 1.29 is 14.6 Å². The molecule has 4 nitrogen and oxygen atoms in total. The Hall–Kier alpha value is -1.81. The summed E-state index contributed by atoms with van der Waals surface area (Å²) in [5.74, 6) is -0.0701. The molecule has 0 aromatic heterocycles. The third kappa shape index (κ3) is 4.41. The molecular weight excluding hydrogens is 242 g/mol. The van der Waals surface area contributed by atoms with Crippen LogP contribution < -0.4 is 4.48 Å². The standard InChI is InChI=1S/C15H21NO3/c1-12(2)15(18)19-11-7-10-16(3,4)13-8-5-6-9-14(13)17/h5-6,8-9H,1,7,10-11H2,2-4H3/p+1. The smallest absolute Gasteiger partial charge is 0.333 e. The van der Waals surface area contributed by atoms with Gasteiger partial charge in [0.15, 0.2) is 11.4 Å². The molecule has 104 valence electrons. The minimum Gasteiger partial charge on any atom is -0.503 e. The second kappa shape index (κ2) is 6.38. The van der Waals surface area contributed by atoms with Crippen LogP contribution in [0.4, 0.5) is 5.69 Å². The Morgan fingerprint density at radius 3 is 2.58 bits per heavy atom. The number of hydrogen-bond donors (Lipinski definition) is 1. The van der Waals surface area contributed by atoms with Crippen LogP contribution in [0.25, 0.3) is 0 Å². The van der Waals surface area contributed by atoms with Gasteiger partial charge in [-0.15, -0.1) is 0 Å². The lowest BCUT2D eigenvalue weighted by Crippen LogP contribution is -2.41. The van der Waals surface area contributed by atoms with E-state index >= 15 is 0 Å². The number of para-hydroxylation sites is 2. The Kier molecular flexibility index (Phi) is 5.12. The molecule has 1 aromatic rings.